The molecular weight excluding hydrogens is 418 g/mol. The lowest BCUT2D eigenvalue weighted by Crippen LogP contribution is -2.10. The highest BCUT2D eigenvalue weighted by Crippen LogP contribution is 2.30. The van der Waals surface area contributed by atoms with E-state index in [0.29, 0.717) is 5.69 Å². The molecule has 0 saturated heterocycles. The quantitative estimate of drug-likeness (QED) is 0.357. The van der Waals surface area contributed by atoms with Gasteiger partial charge < -0.3 is 4.98 Å². The van der Waals surface area contributed by atoms with Gasteiger partial charge in [-0.25, -0.2) is 13.4 Å². The lowest BCUT2D eigenvalue weighted by atomic mass is 10.0. The molecule has 0 unspecified atom stereocenters. The maximum Gasteiger partial charge on any atom is 0.229 e. The van der Waals surface area contributed by atoms with Crippen LogP contribution in [0, 0.1) is 0 Å². The average Bonchev–Trinajstić information content (AvgIpc) is 3.19. The third kappa shape index (κ3) is 4.26. The van der Waals surface area contributed by atoms with E-state index in [1.807, 2.05) is 54.6 Å². The first-order valence-corrected chi connectivity index (χ1v) is 12.1. The minimum Gasteiger partial charge on any atom is -0.338 e. The third-order valence-electron chi connectivity index (χ3n) is 5.24. The van der Waals surface area contributed by atoms with Crippen LogP contribution in [0.5, 0.6) is 0 Å². The van der Waals surface area contributed by atoms with Crippen LogP contribution in [0.1, 0.15) is 11.4 Å². The average molecular weight is 440 g/mol. The van der Waals surface area contributed by atoms with Crippen molar-refractivity contribution < 1.29 is 8.42 Å². The Morgan fingerprint density at radius 2 is 1.62 bits per heavy atom. The standard InChI is InChI=1S/C26H21N3O2S/c1-32(30,31)29-23-9-5-4-8-22(23)21-13-14-24-25(17-21)28-26(27-24)15-11-18-10-12-19-6-2-3-7-20(19)16-18/h2-17,29H,1H3,(H,27,28). The second-order valence-corrected chi connectivity index (χ2v) is 9.46. The Labute approximate surface area is 186 Å². The number of sulfonamides is 1. The Morgan fingerprint density at radius 1 is 0.844 bits per heavy atom. The van der Waals surface area contributed by atoms with E-state index in [4.69, 9.17) is 0 Å². The van der Waals surface area contributed by atoms with Crippen molar-refractivity contribution in [2.45, 2.75) is 0 Å². The monoisotopic (exact) mass is 439 g/mol. The molecule has 6 heteroatoms. The number of benzene rings is 4. The molecule has 0 radical (unpaired) electrons. The minimum absolute atomic E-state index is 0.547. The minimum atomic E-state index is -3.37. The summed E-state index contributed by atoms with van der Waals surface area (Å²) in [7, 11) is -3.37. The maximum atomic E-state index is 11.7. The molecule has 0 aliphatic rings. The summed E-state index contributed by atoms with van der Waals surface area (Å²) in [6.07, 6.45) is 5.15. The van der Waals surface area contributed by atoms with E-state index in [-0.39, 0.29) is 0 Å². The van der Waals surface area contributed by atoms with E-state index in [9.17, 15) is 8.42 Å². The summed E-state index contributed by atoms with van der Waals surface area (Å²) in [4.78, 5) is 8.00. The molecule has 4 aromatic carbocycles. The predicted octanol–water partition coefficient (Wildman–Crippen LogP) is 5.93. The normalized spacial score (nSPS) is 12.0. The predicted molar refractivity (Wildman–Crippen MR) is 133 cm³/mol. The van der Waals surface area contributed by atoms with Gasteiger partial charge in [-0.05, 0) is 52.2 Å². The van der Waals surface area contributed by atoms with Gasteiger partial charge in [-0.3, -0.25) is 4.72 Å². The number of para-hydroxylation sites is 1. The van der Waals surface area contributed by atoms with Crippen LogP contribution in [0.2, 0.25) is 0 Å². The number of nitrogens with one attached hydrogen (secondary N) is 2. The van der Waals surface area contributed by atoms with Crippen molar-refractivity contribution in [3.8, 4) is 11.1 Å². The molecule has 158 valence electrons. The van der Waals surface area contributed by atoms with Crippen LogP contribution in [-0.2, 0) is 10.0 Å². The molecule has 32 heavy (non-hydrogen) atoms. The number of aromatic nitrogens is 2. The fraction of sp³-hybridized carbons (Fsp3) is 0.0385. The van der Waals surface area contributed by atoms with Crippen LogP contribution in [-0.4, -0.2) is 24.6 Å². The molecule has 0 fully saturated rings. The van der Waals surface area contributed by atoms with E-state index in [1.54, 1.807) is 12.1 Å². The van der Waals surface area contributed by atoms with E-state index in [2.05, 4.69) is 45.0 Å². The van der Waals surface area contributed by atoms with Gasteiger partial charge in [-0.1, -0.05) is 66.7 Å². The molecule has 0 spiro atoms. The molecular formula is C26H21N3O2S. The van der Waals surface area contributed by atoms with E-state index >= 15 is 0 Å². The smallest absolute Gasteiger partial charge is 0.229 e. The van der Waals surface area contributed by atoms with Crippen LogP contribution < -0.4 is 4.72 Å². The molecule has 1 heterocycles. The molecule has 0 amide bonds. The van der Waals surface area contributed by atoms with Gasteiger partial charge in [0.15, 0.2) is 0 Å². The summed E-state index contributed by atoms with van der Waals surface area (Å²) in [5.74, 6) is 0.757. The molecule has 0 aliphatic heterocycles. The molecule has 0 atom stereocenters. The van der Waals surface area contributed by atoms with Gasteiger partial charge >= 0.3 is 0 Å². The van der Waals surface area contributed by atoms with Gasteiger partial charge in [-0.15, -0.1) is 0 Å². The SMILES string of the molecule is CS(=O)(=O)Nc1ccccc1-c1ccc2nc(C=Cc3ccc4ccccc4c3)[nH]c2c1. The molecule has 0 saturated carbocycles. The Morgan fingerprint density at radius 3 is 2.47 bits per heavy atom. The van der Waals surface area contributed by atoms with Crippen molar-refractivity contribution in [2.75, 3.05) is 11.0 Å². The van der Waals surface area contributed by atoms with Crippen LogP contribution in [0.25, 0.3) is 45.1 Å². The van der Waals surface area contributed by atoms with Crippen LogP contribution in [0.15, 0.2) is 84.9 Å². The van der Waals surface area contributed by atoms with Crippen molar-refractivity contribution in [2.24, 2.45) is 0 Å². The third-order valence-corrected chi connectivity index (χ3v) is 5.83. The largest absolute Gasteiger partial charge is 0.338 e. The highest BCUT2D eigenvalue weighted by Gasteiger charge is 2.10. The van der Waals surface area contributed by atoms with Crippen molar-refractivity contribution in [3.63, 3.8) is 0 Å². The zero-order chi connectivity index (χ0) is 22.1. The lowest BCUT2D eigenvalue weighted by molar-refractivity contribution is 0.607. The first-order valence-electron chi connectivity index (χ1n) is 10.2. The van der Waals surface area contributed by atoms with Gasteiger partial charge in [0.1, 0.15) is 5.82 Å². The molecule has 5 nitrogen and oxygen atoms in total. The maximum absolute atomic E-state index is 11.7. The van der Waals surface area contributed by atoms with Crippen molar-refractivity contribution in [1.29, 1.82) is 0 Å². The number of rotatable bonds is 5. The topological polar surface area (TPSA) is 74.8 Å². The summed E-state index contributed by atoms with van der Waals surface area (Å²) in [5, 5.41) is 2.41. The highest BCUT2D eigenvalue weighted by molar-refractivity contribution is 7.92. The first-order chi connectivity index (χ1) is 15.4. The van der Waals surface area contributed by atoms with Crippen molar-refractivity contribution >= 4 is 49.7 Å². The van der Waals surface area contributed by atoms with Crippen LogP contribution >= 0.6 is 0 Å². The fourth-order valence-corrected chi connectivity index (χ4v) is 4.36. The Balaban J connectivity index is 1.46. The van der Waals surface area contributed by atoms with Crippen molar-refractivity contribution in [3.05, 3.63) is 96.3 Å². The zero-order valence-corrected chi connectivity index (χ0v) is 18.2. The zero-order valence-electron chi connectivity index (χ0n) is 17.4. The lowest BCUT2D eigenvalue weighted by Gasteiger charge is -2.10. The molecule has 0 bridgehead atoms. The van der Waals surface area contributed by atoms with Gasteiger partial charge in [0.2, 0.25) is 10.0 Å². The molecule has 2 N–H and O–H groups in total. The van der Waals surface area contributed by atoms with Crippen molar-refractivity contribution in [1.82, 2.24) is 9.97 Å². The van der Waals surface area contributed by atoms with Gasteiger partial charge in [0.05, 0.1) is 23.0 Å². The van der Waals surface area contributed by atoms with Gasteiger partial charge in [-0.2, -0.15) is 0 Å². The van der Waals surface area contributed by atoms with E-state index in [1.165, 1.54) is 10.8 Å². The van der Waals surface area contributed by atoms with Crippen LogP contribution in [0.3, 0.4) is 0 Å². The number of fused-ring (bicyclic) bond motifs is 2. The van der Waals surface area contributed by atoms with E-state index in [0.717, 1.165) is 39.8 Å². The fourth-order valence-electron chi connectivity index (χ4n) is 3.79. The number of hydrogen-bond donors (Lipinski definition) is 2. The number of H-pyrrole nitrogens is 1. The van der Waals surface area contributed by atoms with Gasteiger partial charge in [0, 0.05) is 5.56 Å². The number of anilines is 1. The molecule has 1 aromatic heterocycles. The number of nitrogens with zero attached hydrogens (tertiary/aromatic N) is 1. The number of imidazole rings is 1. The highest BCUT2D eigenvalue weighted by atomic mass is 32.2. The molecule has 5 aromatic rings. The second kappa shape index (κ2) is 7.98. The Hall–Kier alpha value is -3.90. The first kappa shape index (κ1) is 20.0. The summed E-state index contributed by atoms with van der Waals surface area (Å²) in [6.45, 7) is 0. The second-order valence-electron chi connectivity index (χ2n) is 7.71. The Bertz CT molecular complexity index is 1580. The summed E-state index contributed by atoms with van der Waals surface area (Å²) in [5.41, 5.74) is 5.09. The number of hydrogen-bond acceptors (Lipinski definition) is 3. The number of aromatic amines is 1. The molecule has 5 rings (SSSR count). The summed E-state index contributed by atoms with van der Waals surface area (Å²) < 4.78 is 26.0. The van der Waals surface area contributed by atoms with E-state index < -0.39 is 10.0 Å². The summed E-state index contributed by atoms with van der Waals surface area (Å²) in [6, 6.07) is 27.8. The Kier molecular flexibility index (Phi) is 4.99. The van der Waals surface area contributed by atoms with Gasteiger partial charge in [0.25, 0.3) is 0 Å². The molecule has 0 aliphatic carbocycles. The van der Waals surface area contributed by atoms with Crippen LogP contribution in [0.4, 0.5) is 5.69 Å². The summed E-state index contributed by atoms with van der Waals surface area (Å²) >= 11 is 0.